The zero-order valence-electron chi connectivity index (χ0n) is 8.78. The average molecular weight is 193 g/mol. The number of allylic oxidation sites excluding steroid dienone is 4. The van der Waals surface area contributed by atoms with Gasteiger partial charge in [-0.1, -0.05) is 23.8 Å². The summed E-state index contributed by atoms with van der Waals surface area (Å²) in [7, 11) is 3.00. The summed E-state index contributed by atoms with van der Waals surface area (Å²) in [6.45, 7) is 2.00. The number of nitrogens with zero attached hydrogens (tertiary/aromatic N) is 1. The first-order chi connectivity index (χ1) is 6.70. The van der Waals surface area contributed by atoms with Gasteiger partial charge in [-0.2, -0.15) is 0 Å². The third-order valence-corrected chi connectivity index (χ3v) is 2.38. The zero-order chi connectivity index (χ0) is 10.6. The molecule has 0 fully saturated rings. The summed E-state index contributed by atoms with van der Waals surface area (Å²) in [5.74, 6) is -0.252. The van der Waals surface area contributed by atoms with Gasteiger partial charge in [0.05, 0.1) is 7.11 Å². The van der Waals surface area contributed by atoms with E-state index < -0.39 is 0 Å². The Morgan fingerprint density at radius 1 is 1.64 bits per heavy atom. The molecule has 76 valence electrons. The minimum Gasteiger partial charge on any atom is -0.465 e. The first kappa shape index (κ1) is 10.7. The summed E-state index contributed by atoms with van der Waals surface area (Å²) in [6, 6.07) is 0. The lowest BCUT2D eigenvalue weighted by Gasteiger charge is -2.18. The predicted octanol–water partition coefficient (Wildman–Crippen LogP) is 1.75. The molecule has 0 aromatic carbocycles. The van der Waals surface area contributed by atoms with Crippen molar-refractivity contribution in [3.63, 3.8) is 0 Å². The van der Waals surface area contributed by atoms with Crippen molar-refractivity contribution in [2.24, 2.45) is 10.9 Å². The molecule has 1 unspecified atom stereocenters. The Morgan fingerprint density at radius 3 is 2.86 bits per heavy atom. The Balaban J connectivity index is 2.87. The highest BCUT2D eigenvalue weighted by Gasteiger charge is 2.24. The standard InChI is InChI=1S/C11H15NO2/c1-8-6-4-5-7-9(8)10(12-2)11(13)14-3/h4-6,9H,7H2,1-3H3. The Labute approximate surface area is 84.2 Å². The van der Waals surface area contributed by atoms with Crippen LogP contribution in [0, 0.1) is 5.92 Å². The maximum atomic E-state index is 11.4. The van der Waals surface area contributed by atoms with Crippen molar-refractivity contribution < 1.29 is 9.53 Å². The number of rotatable bonds is 2. The molecule has 0 radical (unpaired) electrons. The van der Waals surface area contributed by atoms with Gasteiger partial charge in [-0.05, 0) is 13.3 Å². The molecule has 0 heterocycles. The minimum absolute atomic E-state index is 0.0810. The van der Waals surface area contributed by atoms with Crippen molar-refractivity contribution in [2.45, 2.75) is 13.3 Å². The fourth-order valence-electron chi connectivity index (χ4n) is 1.56. The summed E-state index contributed by atoms with van der Waals surface area (Å²) in [5, 5.41) is 0. The van der Waals surface area contributed by atoms with Gasteiger partial charge in [0.2, 0.25) is 0 Å². The van der Waals surface area contributed by atoms with Gasteiger partial charge in [0.25, 0.3) is 0 Å². The van der Waals surface area contributed by atoms with Gasteiger partial charge in [-0.3, -0.25) is 4.99 Å². The fourth-order valence-corrected chi connectivity index (χ4v) is 1.56. The number of hydrogen-bond acceptors (Lipinski definition) is 3. The summed E-state index contributed by atoms with van der Waals surface area (Å²) >= 11 is 0. The number of hydrogen-bond donors (Lipinski definition) is 0. The quantitative estimate of drug-likeness (QED) is 0.495. The number of carbonyl (C=O) groups excluding carboxylic acids is 1. The third-order valence-electron chi connectivity index (χ3n) is 2.38. The predicted molar refractivity (Wildman–Crippen MR) is 56.4 cm³/mol. The Bertz CT molecular complexity index is 313. The summed E-state index contributed by atoms with van der Waals surface area (Å²) in [6.07, 6.45) is 6.86. The molecule has 0 bridgehead atoms. The maximum Gasteiger partial charge on any atom is 0.352 e. The highest BCUT2D eigenvalue weighted by Crippen LogP contribution is 2.22. The first-order valence-corrected chi connectivity index (χ1v) is 4.59. The second kappa shape index (κ2) is 4.74. The monoisotopic (exact) mass is 193 g/mol. The molecule has 0 amide bonds. The molecule has 1 atom stereocenters. The van der Waals surface area contributed by atoms with Gasteiger partial charge in [0.15, 0.2) is 0 Å². The summed E-state index contributed by atoms with van der Waals surface area (Å²) < 4.78 is 4.68. The SMILES string of the molecule is CN=C(C(=O)OC)C1CC=CC=C1C. The Hall–Kier alpha value is -1.38. The van der Waals surface area contributed by atoms with Crippen molar-refractivity contribution in [3.05, 3.63) is 23.8 Å². The smallest absolute Gasteiger partial charge is 0.352 e. The maximum absolute atomic E-state index is 11.4. The number of carbonyl (C=O) groups is 1. The zero-order valence-corrected chi connectivity index (χ0v) is 8.78. The van der Waals surface area contributed by atoms with Crippen LogP contribution in [-0.4, -0.2) is 25.8 Å². The van der Waals surface area contributed by atoms with Crippen LogP contribution in [0.1, 0.15) is 13.3 Å². The molecule has 1 aliphatic rings. The molecule has 0 N–H and O–H groups in total. The van der Waals surface area contributed by atoms with Gasteiger partial charge in [0.1, 0.15) is 5.71 Å². The van der Waals surface area contributed by atoms with E-state index in [0.717, 1.165) is 12.0 Å². The largest absolute Gasteiger partial charge is 0.465 e. The van der Waals surface area contributed by atoms with Crippen LogP contribution in [0.3, 0.4) is 0 Å². The molecule has 0 aromatic heterocycles. The highest BCUT2D eigenvalue weighted by molar-refractivity contribution is 6.37. The van der Waals surface area contributed by atoms with Gasteiger partial charge in [0, 0.05) is 13.0 Å². The van der Waals surface area contributed by atoms with E-state index in [4.69, 9.17) is 0 Å². The Morgan fingerprint density at radius 2 is 2.36 bits per heavy atom. The van der Waals surface area contributed by atoms with Crippen LogP contribution in [-0.2, 0) is 9.53 Å². The van der Waals surface area contributed by atoms with Crippen molar-refractivity contribution in [1.82, 2.24) is 0 Å². The van der Waals surface area contributed by atoms with E-state index in [1.165, 1.54) is 7.11 Å². The number of aliphatic imine (C=N–C) groups is 1. The van der Waals surface area contributed by atoms with Crippen LogP contribution in [0.2, 0.25) is 0 Å². The van der Waals surface area contributed by atoms with Gasteiger partial charge in [-0.25, -0.2) is 4.79 Å². The first-order valence-electron chi connectivity index (χ1n) is 4.59. The number of esters is 1. The van der Waals surface area contributed by atoms with E-state index in [0.29, 0.717) is 5.71 Å². The molecule has 3 nitrogen and oxygen atoms in total. The molecular weight excluding hydrogens is 178 g/mol. The summed E-state index contributed by atoms with van der Waals surface area (Å²) in [4.78, 5) is 15.4. The third kappa shape index (κ3) is 2.10. The van der Waals surface area contributed by atoms with E-state index in [1.807, 2.05) is 25.2 Å². The van der Waals surface area contributed by atoms with Crippen molar-refractivity contribution >= 4 is 11.7 Å². The normalized spacial score (nSPS) is 21.8. The van der Waals surface area contributed by atoms with Crippen LogP contribution in [0.5, 0.6) is 0 Å². The lowest BCUT2D eigenvalue weighted by atomic mass is 9.88. The van der Waals surface area contributed by atoms with E-state index in [-0.39, 0.29) is 11.9 Å². The van der Waals surface area contributed by atoms with Crippen molar-refractivity contribution in [2.75, 3.05) is 14.2 Å². The second-order valence-electron chi connectivity index (χ2n) is 3.23. The molecular formula is C11H15NO2. The van der Waals surface area contributed by atoms with Crippen LogP contribution in [0.15, 0.2) is 28.8 Å². The average Bonchev–Trinajstić information content (AvgIpc) is 2.21. The van der Waals surface area contributed by atoms with E-state index in [1.54, 1.807) is 7.05 Å². The number of ether oxygens (including phenoxy) is 1. The molecule has 1 aliphatic carbocycles. The fraction of sp³-hybridized carbons (Fsp3) is 0.455. The van der Waals surface area contributed by atoms with E-state index in [2.05, 4.69) is 9.73 Å². The van der Waals surface area contributed by atoms with E-state index >= 15 is 0 Å². The molecule has 1 rings (SSSR count). The van der Waals surface area contributed by atoms with Gasteiger partial charge >= 0.3 is 5.97 Å². The topological polar surface area (TPSA) is 38.7 Å². The van der Waals surface area contributed by atoms with Crippen LogP contribution >= 0.6 is 0 Å². The molecule has 0 saturated carbocycles. The van der Waals surface area contributed by atoms with Crippen molar-refractivity contribution in [1.29, 1.82) is 0 Å². The highest BCUT2D eigenvalue weighted by atomic mass is 16.5. The van der Waals surface area contributed by atoms with Gasteiger partial charge in [-0.15, -0.1) is 0 Å². The Kier molecular flexibility index (Phi) is 3.63. The summed E-state index contributed by atoms with van der Waals surface area (Å²) in [5.41, 5.74) is 1.66. The van der Waals surface area contributed by atoms with Crippen molar-refractivity contribution in [3.8, 4) is 0 Å². The molecule has 0 aromatic rings. The molecule has 0 aliphatic heterocycles. The van der Waals surface area contributed by atoms with E-state index in [9.17, 15) is 4.79 Å². The lowest BCUT2D eigenvalue weighted by molar-refractivity contribution is -0.133. The van der Waals surface area contributed by atoms with Crippen LogP contribution in [0.25, 0.3) is 0 Å². The van der Waals surface area contributed by atoms with Crippen LogP contribution < -0.4 is 0 Å². The van der Waals surface area contributed by atoms with Crippen LogP contribution in [0.4, 0.5) is 0 Å². The minimum atomic E-state index is -0.333. The number of methoxy groups -OCH3 is 1. The second-order valence-corrected chi connectivity index (χ2v) is 3.23. The molecule has 0 saturated heterocycles. The lowest BCUT2D eigenvalue weighted by Crippen LogP contribution is -2.26. The molecule has 3 heteroatoms. The van der Waals surface area contributed by atoms with Gasteiger partial charge < -0.3 is 4.74 Å². The molecule has 14 heavy (non-hydrogen) atoms. The molecule has 0 spiro atoms.